The van der Waals surface area contributed by atoms with Crippen LogP contribution in [0, 0.1) is 19.8 Å². The van der Waals surface area contributed by atoms with E-state index in [1.54, 1.807) is 0 Å². The molecule has 0 spiro atoms. The fourth-order valence-corrected chi connectivity index (χ4v) is 3.52. The van der Waals surface area contributed by atoms with E-state index in [9.17, 15) is 9.59 Å². The summed E-state index contributed by atoms with van der Waals surface area (Å²) in [5, 5.41) is 2.68. The minimum absolute atomic E-state index is 0.0871. The predicted octanol–water partition coefficient (Wildman–Crippen LogP) is 3.06. The van der Waals surface area contributed by atoms with Crippen LogP contribution >= 0.6 is 12.2 Å². The van der Waals surface area contributed by atoms with Gasteiger partial charge in [-0.15, -0.1) is 0 Å². The van der Waals surface area contributed by atoms with Crippen molar-refractivity contribution in [2.75, 3.05) is 6.61 Å². The van der Waals surface area contributed by atoms with E-state index in [-0.39, 0.29) is 23.5 Å². The van der Waals surface area contributed by atoms with Crippen LogP contribution in [0.5, 0.6) is 5.75 Å². The van der Waals surface area contributed by atoms with Gasteiger partial charge in [-0.2, -0.15) is 0 Å². The van der Waals surface area contributed by atoms with E-state index in [0.29, 0.717) is 18.1 Å². The number of rotatable bonds is 6. The van der Waals surface area contributed by atoms with Crippen LogP contribution in [0.3, 0.4) is 0 Å². The lowest BCUT2D eigenvalue weighted by Gasteiger charge is -2.21. The highest BCUT2D eigenvalue weighted by Gasteiger charge is 2.15. The zero-order valence-electron chi connectivity index (χ0n) is 16.1. The molecule has 148 valence electrons. The topological polar surface area (TPSA) is 79.5 Å². The molecule has 0 bridgehead atoms. The molecule has 27 heavy (non-hydrogen) atoms. The smallest absolute Gasteiger partial charge is 0.276 e. The Balaban J connectivity index is 1.62. The highest BCUT2D eigenvalue weighted by Crippen LogP contribution is 2.27. The van der Waals surface area contributed by atoms with Crippen molar-refractivity contribution in [3.05, 3.63) is 29.3 Å². The van der Waals surface area contributed by atoms with E-state index in [1.165, 1.54) is 32.1 Å². The van der Waals surface area contributed by atoms with Crippen molar-refractivity contribution in [2.24, 2.45) is 5.92 Å². The first kappa shape index (κ1) is 21.2. The molecule has 3 N–H and O–H groups in total. The lowest BCUT2D eigenvalue weighted by molar-refractivity contribution is -0.124. The lowest BCUT2D eigenvalue weighted by Crippen LogP contribution is -2.49. The van der Waals surface area contributed by atoms with Gasteiger partial charge in [0.2, 0.25) is 5.91 Å². The van der Waals surface area contributed by atoms with Crippen molar-refractivity contribution in [2.45, 2.75) is 58.8 Å². The molecule has 7 heteroatoms. The number of benzene rings is 1. The Morgan fingerprint density at radius 2 is 1.74 bits per heavy atom. The Kier molecular flexibility index (Phi) is 8.51. The van der Waals surface area contributed by atoms with Gasteiger partial charge in [0.15, 0.2) is 11.7 Å². The Hall–Kier alpha value is -2.15. The molecule has 1 saturated carbocycles. The van der Waals surface area contributed by atoms with Crippen molar-refractivity contribution in [3.8, 4) is 5.75 Å². The zero-order chi connectivity index (χ0) is 19.6. The molecule has 0 heterocycles. The van der Waals surface area contributed by atoms with Crippen molar-refractivity contribution >= 4 is 29.1 Å². The van der Waals surface area contributed by atoms with E-state index in [0.717, 1.165) is 17.5 Å². The third-order valence-corrected chi connectivity index (χ3v) is 5.03. The summed E-state index contributed by atoms with van der Waals surface area (Å²) >= 11 is 5.04. The summed E-state index contributed by atoms with van der Waals surface area (Å²) in [5.74, 6) is 0.842. The van der Waals surface area contributed by atoms with Crippen molar-refractivity contribution < 1.29 is 14.3 Å². The SMILES string of the molecule is Cc1cccc(C)c1OCC(=O)NNC(=S)NC(=O)CCC1CCCCC1. The average molecular weight is 392 g/mol. The van der Waals surface area contributed by atoms with Crippen LogP contribution in [-0.4, -0.2) is 23.5 Å². The lowest BCUT2D eigenvalue weighted by atomic mass is 9.86. The molecule has 1 aromatic carbocycles. The average Bonchev–Trinajstić information content (AvgIpc) is 2.65. The number of para-hydroxylation sites is 1. The summed E-state index contributed by atoms with van der Waals surface area (Å²) in [6.07, 6.45) is 7.62. The monoisotopic (exact) mass is 391 g/mol. The van der Waals surface area contributed by atoms with E-state index in [2.05, 4.69) is 16.2 Å². The predicted molar refractivity (Wildman–Crippen MR) is 109 cm³/mol. The number of thiocarbonyl (C=S) groups is 1. The van der Waals surface area contributed by atoms with E-state index >= 15 is 0 Å². The van der Waals surface area contributed by atoms with Crippen molar-refractivity contribution in [1.82, 2.24) is 16.2 Å². The summed E-state index contributed by atoms with van der Waals surface area (Å²) in [4.78, 5) is 23.8. The van der Waals surface area contributed by atoms with E-state index in [4.69, 9.17) is 17.0 Å². The molecular weight excluding hydrogens is 362 g/mol. The highest BCUT2D eigenvalue weighted by molar-refractivity contribution is 7.80. The van der Waals surface area contributed by atoms with Crippen LogP contribution < -0.4 is 20.9 Å². The van der Waals surface area contributed by atoms with E-state index < -0.39 is 0 Å². The molecule has 0 saturated heterocycles. The molecule has 0 atom stereocenters. The van der Waals surface area contributed by atoms with Gasteiger partial charge >= 0.3 is 0 Å². The Morgan fingerprint density at radius 3 is 2.41 bits per heavy atom. The second-order valence-electron chi connectivity index (χ2n) is 7.10. The first-order valence-corrected chi connectivity index (χ1v) is 9.94. The first-order chi connectivity index (χ1) is 13.0. The fraction of sp³-hybridized carbons (Fsp3) is 0.550. The maximum atomic E-state index is 12.0. The summed E-state index contributed by atoms with van der Waals surface area (Å²) in [6.45, 7) is 3.71. The van der Waals surface area contributed by atoms with Crippen molar-refractivity contribution in [3.63, 3.8) is 0 Å². The van der Waals surface area contributed by atoms with Crippen LogP contribution in [0.25, 0.3) is 0 Å². The standard InChI is InChI=1S/C20H29N3O3S/c1-14-7-6-8-15(2)19(14)26-13-18(25)22-23-20(27)21-17(24)12-11-16-9-4-3-5-10-16/h6-8,16H,3-5,9-13H2,1-2H3,(H,22,25)(H2,21,23,24,27). The van der Waals surface area contributed by atoms with Crippen LogP contribution in [-0.2, 0) is 9.59 Å². The molecule has 2 amide bonds. The van der Waals surface area contributed by atoms with Gasteiger partial charge in [0.25, 0.3) is 5.91 Å². The number of carbonyl (C=O) groups is 2. The van der Waals surface area contributed by atoms with Gasteiger partial charge in [-0.05, 0) is 49.5 Å². The second kappa shape index (κ2) is 10.9. The van der Waals surface area contributed by atoms with Crippen molar-refractivity contribution in [1.29, 1.82) is 0 Å². The molecule has 0 aromatic heterocycles. The Morgan fingerprint density at radius 1 is 1.07 bits per heavy atom. The number of hydrogen-bond donors (Lipinski definition) is 3. The second-order valence-corrected chi connectivity index (χ2v) is 7.51. The molecule has 1 aliphatic rings. The number of aryl methyl sites for hydroxylation is 2. The van der Waals surface area contributed by atoms with Crippen LogP contribution in [0.15, 0.2) is 18.2 Å². The van der Waals surface area contributed by atoms with Gasteiger partial charge in [-0.3, -0.25) is 20.4 Å². The van der Waals surface area contributed by atoms with Gasteiger partial charge in [0.05, 0.1) is 0 Å². The number of hydrogen-bond acceptors (Lipinski definition) is 4. The van der Waals surface area contributed by atoms with Gasteiger partial charge in [-0.25, -0.2) is 0 Å². The number of nitrogens with one attached hydrogen (secondary N) is 3. The Bertz CT molecular complexity index is 652. The van der Waals surface area contributed by atoms with Gasteiger partial charge in [0, 0.05) is 6.42 Å². The zero-order valence-corrected chi connectivity index (χ0v) is 16.9. The first-order valence-electron chi connectivity index (χ1n) is 9.53. The summed E-state index contributed by atoms with van der Waals surface area (Å²) in [7, 11) is 0. The third-order valence-electron chi connectivity index (χ3n) is 4.83. The summed E-state index contributed by atoms with van der Waals surface area (Å²) in [6, 6.07) is 5.79. The molecule has 1 aliphatic carbocycles. The molecule has 1 aromatic rings. The van der Waals surface area contributed by atoms with Gasteiger partial charge in [0.1, 0.15) is 5.75 Å². The molecular formula is C20H29N3O3S. The quantitative estimate of drug-likeness (QED) is 0.513. The maximum Gasteiger partial charge on any atom is 0.276 e. The number of amides is 2. The summed E-state index contributed by atoms with van der Waals surface area (Å²) < 4.78 is 5.57. The van der Waals surface area contributed by atoms with Crippen LogP contribution in [0.4, 0.5) is 0 Å². The molecule has 6 nitrogen and oxygen atoms in total. The highest BCUT2D eigenvalue weighted by atomic mass is 32.1. The minimum Gasteiger partial charge on any atom is -0.483 e. The number of hydrazine groups is 1. The number of carbonyl (C=O) groups excluding carboxylic acids is 2. The Labute approximate surface area is 166 Å². The molecule has 2 rings (SSSR count). The van der Waals surface area contributed by atoms with E-state index in [1.807, 2.05) is 32.0 Å². The molecule has 0 unspecified atom stereocenters. The van der Waals surface area contributed by atoms with Gasteiger partial charge in [-0.1, -0.05) is 50.3 Å². The molecule has 0 aliphatic heterocycles. The molecule has 0 radical (unpaired) electrons. The normalized spacial score (nSPS) is 14.3. The fourth-order valence-electron chi connectivity index (χ4n) is 3.36. The number of ether oxygens (including phenoxy) is 1. The maximum absolute atomic E-state index is 12.0. The molecule has 1 fully saturated rings. The van der Waals surface area contributed by atoms with Crippen LogP contribution in [0.1, 0.15) is 56.1 Å². The minimum atomic E-state index is -0.378. The summed E-state index contributed by atoms with van der Waals surface area (Å²) in [5.41, 5.74) is 6.91. The largest absolute Gasteiger partial charge is 0.483 e. The van der Waals surface area contributed by atoms with Crippen LogP contribution in [0.2, 0.25) is 0 Å². The van der Waals surface area contributed by atoms with Gasteiger partial charge < -0.3 is 10.1 Å². The third kappa shape index (κ3) is 7.54.